The average molecular weight is 377 g/mol. The van der Waals surface area contributed by atoms with Gasteiger partial charge in [0.25, 0.3) is 0 Å². The molecule has 0 unspecified atom stereocenters. The van der Waals surface area contributed by atoms with E-state index in [1.54, 1.807) is 0 Å². The Labute approximate surface area is 159 Å². The number of nitrogens with zero attached hydrogens (tertiary/aromatic N) is 1. The monoisotopic (exact) mass is 376 g/mol. The second-order valence-electron chi connectivity index (χ2n) is 7.99. The summed E-state index contributed by atoms with van der Waals surface area (Å²) in [5, 5.41) is 0.571. The zero-order valence-electron chi connectivity index (χ0n) is 15.5. The molecule has 0 bridgehead atoms. The maximum Gasteiger partial charge on any atom is 0.410 e. The summed E-state index contributed by atoms with van der Waals surface area (Å²) in [6.07, 6.45) is 2.34. The van der Waals surface area contributed by atoms with E-state index in [0.717, 1.165) is 24.2 Å². The summed E-state index contributed by atoms with van der Waals surface area (Å²) >= 11 is 1.99. The third-order valence-electron chi connectivity index (χ3n) is 5.58. The van der Waals surface area contributed by atoms with Gasteiger partial charge >= 0.3 is 6.09 Å². The van der Waals surface area contributed by atoms with Crippen LogP contribution in [0.15, 0.2) is 30.3 Å². The molecule has 0 radical (unpaired) electrons. The Kier molecular flexibility index (Phi) is 5.80. The van der Waals surface area contributed by atoms with Crippen LogP contribution in [-0.4, -0.2) is 40.5 Å². The van der Waals surface area contributed by atoms with Crippen LogP contribution in [0.3, 0.4) is 0 Å². The largest absolute Gasteiger partial charge is 0.445 e. The first-order chi connectivity index (χ1) is 12.4. The van der Waals surface area contributed by atoms with E-state index < -0.39 is 5.41 Å². The van der Waals surface area contributed by atoms with E-state index >= 15 is 0 Å². The summed E-state index contributed by atoms with van der Waals surface area (Å²) < 4.78 is 5.59. The van der Waals surface area contributed by atoms with Crippen molar-refractivity contribution in [3.05, 3.63) is 35.9 Å². The number of piperidine rings is 1. The Morgan fingerprint density at radius 1 is 1.31 bits per heavy atom. The van der Waals surface area contributed by atoms with E-state index in [-0.39, 0.29) is 24.6 Å². The molecular formula is C20H28N2O3S. The van der Waals surface area contributed by atoms with Gasteiger partial charge in [-0.05, 0) is 36.5 Å². The van der Waals surface area contributed by atoms with Crippen LogP contribution in [0.1, 0.15) is 38.7 Å². The first-order valence-electron chi connectivity index (χ1n) is 9.25. The summed E-state index contributed by atoms with van der Waals surface area (Å²) in [5.74, 6) is 1.35. The Hall–Kier alpha value is -1.69. The van der Waals surface area contributed by atoms with Crippen LogP contribution >= 0.6 is 11.8 Å². The lowest BCUT2D eigenvalue weighted by molar-refractivity contribution is -0.127. The molecule has 0 spiro atoms. The number of primary amides is 1. The second-order valence-corrected chi connectivity index (χ2v) is 9.34. The molecule has 1 aromatic carbocycles. The summed E-state index contributed by atoms with van der Waals surface area (Å²) in [7, 11) is 0. The third-order valence-corrected chi connectivity index (χ3v) is 7.05. The fourth-order valence-electron chi connectivity index (χ4n) is 3.87. The molecule has 6 heteroatoms. The number of fused-ring (bicyclic) bond motifs is 1. The number of carbonyl (C=O) groups excluding carboxylic acids is 2. The Morgan fingerprint density at radius 2 is 2.04 bits per heavy atom. The van der Waals surface area contributed by atoms with Crippen molar-refractivity contribution in [1.82, 2.24) is 4.90 Å². The van der Waals surface area contributed by atoms with Gasteiger partial charge in [-0.3, -0.25) is 4.79 Å². The second kappa shape index (κ2) is 7.91. The Morgan fingerprint density at radius 3 is 2.73 bits per heavy atom. The number of nitrogens with two attached hydrogens (primary N) is 1. The molecule has 2 aliphatic rings. The van der Waals surface area contributed by atoms with Crippen molar-refractivity contribution in [3.8, 4) is 0 Å². The quantitative estimate of drug-likeness (QED) is 0.855. The van der Waals surface area contributed by atoms with Gasteiger partial charge in [0.05, 0.1) is 0 Å². The van der Waals surface area contributed by atoms with Crippen molar-refractivity contribution in [3.63, 3.8) is 0 Å². The summed E-state index contributed by atoms with van der Waals surface area (Å²) in [5.41, 5.74) is 5.90. The predicted octanol–water partition coefficient (Wildman–Crippen LogP) is 3.42. The molecule has 2 N–H and O–H groups in total. The molecule has 3 atom stereocenters. The van der Waals surface area contributed by atoms with Crippen LogP contribution < -0.4 is 5.73 Å². The summed E-state index contributed by atoms with van der Waals surface area (Å²) in [6.45, 7) is 4.70. The number of ether oxygens (including phenoxy) is 1. The Bertz CT molecular complexity index is 650. The van der Waals surface area contributed by atoms with Gasteiger partial charge < -0.3 is 15.4 Å². The van der Waals surface area contributed by atoms with Crippen molar-refractivity contribution in [2.24, 2.45) is 17.1 Å². The SMILES string of the molecule is CC(C)(C[C@H]1C[C@H]2SCC[C@H]2CN1C(=O)OCc1ccccc1)C(N)=O. The molecule has 0 aromatic heterocycles. The van der Waals surface area contributed by atoms with Crippen LogP contribution in [0.25, 0.3) is 0 Å². The minimum Gasteiger partial charge on any atom is -0.445 e. The third kappa shape index (κ3) is 4.34. The number of hydrogen-bond acceptors (Lipinski definition) is 4. The van der Waals surface area contributed by atoms with Gasteiger partial charge in [0.1, 0.15) is 6.61 Å². The zero-order valence-corrected chi connectivity index (χ0v) is 16.3. The van der Waals surface area contributed by atoms with Gasteiger partial charge in [-0.25, -0.2) is 4.79 Å². The molecule has 2 heterocycles. The van der Waals surface area contributed by atoms with Crippen LogP contribution in [0.2, 0.25) is 0 Å². The van der Waals surface area contributed by atoms with Crippen LogP contribution in [0, 0.1) is 11.3 Å². The van der Waals surface area contributed by atoms with Crippen molar-refractivity contribution in [2.45, 2.75) is 51.0 Å². The molecule has 2 aliphatic heterocycles. The number of thioether (sulfide) groups is 1. The standard InChI is InChI=1S/C20H28N2O3S/c1-20(2,18(21)23)11-16-10-17-15(8-9-26-17)12-22(16)19(24)25-13-14-6-4-3-5-7-14/h3-7,15-17H,8-13H2,1-2H3,(H2,21,23)/t15-,16+,17+/m0/s1. The first kappa shape index (κ1) is 19.1. The van der Waals surface area contributed by atoms with Gasteiger partial charge in [-0.1, -0.05) is 44.2 Å². The minimum absolute atomic E-state index is 0.00683. The van der Waals surface area contributed by atoms with Gasteiger partial charge in [-0.2, -0.15) is 11.8 Å². The van der Waals surface area contributed by atoms with Crippen LogP contribution in [-0.2, 0) is 16.1 Å². The molecule has 26 heavy (non-hydrogen) atoms. The highest BCUT2D eigenvalue weighted by molar-refractivity contribution is 8.00. The molecule has 0 aliphatic carbocycles. The highest BCUT2D eigenvalue weighted by Gasteiger charge is 2.43. The maximum atomic E-state index is 12.8. The highest BCUT2D eigenvalue weighted by Crippen LogP contribution is 2.42. The number of amides is 2. The van der Waals surface area contributed by atoms with Crippen molar-refractivity contribution in [2.75, 3.05) is 12.3 Å². The first-order valence-corrected chi connectivity index (χ1v) is 10.3. The fourth-order valence-corrected chi connectivity index (χ4v) is 5.46. The average Bonchev–Trinajstić information content (AvgIpc) is 3.06. The smallest absolute Gasteiger partial charge is 0.410 e. The lowest BCUT2D eigenvalue weighted by Gasteiger charge is -2.43. The predicted molar refractivity (Wildman–Crippen MR) is 104 cm³/mol. The minimum atomic E-state index is -0.640. The molecule has 0 saturated carbocycles. The fraction of sp³-hybridized carbons (Fsp3) is 0.600. The van der Waals surface area contributed by atoms with E-state index in [0.29, 0.717) is 24.1 Å². The van der Waals surface area contributed by atoms with Crippen LogP contribution in [0.5, 0.6) is 0 Å². The van der Waals surface area contributed by atoms with Crippen LogP contribution in [0.4, 0.5) is 4.79 Å². The number of benzene rings is 1. The van der Waals surface area contributed by atoms with E-state index in [4.69, 9.17) is 10.5 Å². The number of hydrogen-bond donors (Lipinski definition) is 1. The normalized spacial score (nSPS) is 25.6. The molecule has 2 fully saturated rings. The lowest BCUT2D eigenvalue weighted by Crippen LogP contribution is -2.52. The number of carbonyl (C=O) groups is 2. The molecule has 3 rings (SSSR count). The van der Waals surface area contributed by atoms with E-state index in [9.17, 15) is 9.59 Å². The molecule has 142 valence electrons. The van der Waals surface area contributed by atoms with Crippen molar-refractivity contribution >= 4 is 23.8 Å². The topological polar surface area (TPSA) is 72.6 Å². The van der Waals surface area contributed by atoms with Crippen molar-refractivity contribution < 1.29 is 14.3 Å². The molecule has 5 nitrogen and oxygen atoms in total. The molecule has 1 aromatic rings. The van der Waals surface area contributed by atoms with Gasteiger partial charge in [0.2, 0.25) is 5.91 Å². The van der Waals surface area contributed by atoms with Gasteiger partial charge in [0.15, 0.2) is 0 Å². The summed E-state index contributed by atoms with van der Waals surface area (Å²) in [4.78, 5) is 26.4. The number of rotatable bonds is 5. The molecule has 2 saturated heterocycles. The van der Waals surface area contributed by atoms with Gasteiger partial charge in [0, 0.05) is 23.3 Å². The number of likely N-dealkylation sites (tertiary alicyclic amines) is 1. The summed E-state index contributed by atoms with van der Waals surface area (Å²) in [6, 6.07) is 9.69. The van der Waals surface area contributed by atoms with Crippen molar-refractivity contribution in [1.29, 1.82) is 0 Å². The van der Waals surface area contributed by atoms with E-state index in [1.165, 1.54) is 0 Å². The van der Waals surface area contributed by atoms with E-state index in [1.807, 2.05) is 60.8 Å². The van der Waals surface area contributed by atoms with Gasteiger partial charge in [-0.15, -0.1) is 0 Å². The highest BCUT2D eigenvalue weighted by atomic mass is 32.2. The lowest BCUT2D eigenvalue weighted by atomic mass is 9.80. The molecular weight excluding hydrogens is 348 g/mol. The zero-order chi connectivity index (χ0) is 18.7. The molecule has 2 amide bonds. The maximum absolute atomic E-state index is 12.8. The van der Waals surface area contributed by atoms with E-state index in [2.05, 4.69) is 0 Å². The Balaban J connectivity index is 1.69.